The van der Waals surface area contributed by atoms with Gasteiger partial charge in [0.1, 0.15) is 5.78 Å². The van der Waals surface area contributed by atoms with Gasteiger partial charge in [-0.25, -0.2) is 0 Å². The highest BCUT2D eigenvalue weighted by molar-refractivity contribution is 5.76. The summed E-state index contributed by atoms with van der Waals surface area (Å²) >= 11 is 0. The third-order valence-corrected chi connectivity index (χ3v) is 2.60. The normalized spacial score (nSPS) is 22.2. The lowest BCUT2D eigenvalue weighted by Crippen LogP contribution is -2.38. The molecule has 1 rings (SSSR count). The lowest BCUT2D eigenvalue weighted by molar-refractivity contribution is -0.118. The number of nitrogens with zero attached hydrogens (tertiary/aromatic N) is 1. The number of rotatable bonds is 3. The summed E-state index contributed by atoms with van der Waals surface area (Å²) in [5.41, 5.74) is 0. The molecular weight excluding hydrogens is 150 g/mol. The molecule has 1 atom stereocenters. The van der Waals surface area contributed by atoms with Gasteiger partial charge in [0, 0.05) is 12.5 Å². The topological polar surface area (TPSA) is 20.3 Å². The summed E-state index contributed by atoms with van der Waals surface area (Å²) in [6, 6.07) is 0.461. The summed E-state index contributed by atoms with van der Waals surface area (Å²) in [6.45, 7) is 6.22. The van der Waals surface area contributed by atoms with Gasteiger partial charge in [-0.15, -0.1) is 0 Å². The van der Waals surface area contributed by atoms with E-state index in [1.807, 2.05) is 0 Å². The van der Waals surface area contributed by atoms with E-state index in [-0.39, 0.29) is 0 Å². The highest BCUT2D eigenvalue weighted by Crippen LogP contribution is 2.13. The Balaban J connectivity index is 2.29. The van der Waals surface area contributed by atoms with Gasteiger partial charge in [-0.2, -0.15) is 0 Å². The van der Waals surface area contributed by atoms with Crippen LogP contribution in [0.1, 0.15) is 39.5 Å². The second-order valence-corrected chi connectivity index (χ2v) is 3.85. The molecule has 1 unspecified atom stereocenters. The summed E-state index contributed by atoms with van der Waals surface area (Å²) in [7, 11) is 0. The Morgan fingerprint density at radius 1 is 1.33 bits per heavy atom. The van der Waals surface area contributed by atoms with Crippen molar-refractivity contribution in [1.29, 1.82) is 0 Å². The van der Waals surface area contributed by atoms with Crippen LogP contribution in [0.2, 0.25) is 0 Å². The molecule has 0 radical (unpaired) electrons. The quantitative estimate of drug-likeness (QED) is 0.642. The summed E-state index contributed by atoms with van der Waals surface area (Å²) < 4.78 is 0. The minimum atomic E-state index is 0.313. The monoisotopic (exact) mass is 169 g/mol. The molecule has 0 amide bonds. The van der Waals surface area contributed by atoms with E-state index in [0.717, 1.165) is 6.42 Å². The number of piperidine rings is 1. The summed E-state index contributed by atoms with van der Waals surface area (Å²) in [6.07, 6.45) is 4.70. The van der Waals surface area contributed by atoms with Gasteiger partial charge in [-0.1, -0.05) is 6.42 Å². The third kappa shape index (κ3) is 2.94. The molecule has 0 N–H and O–H groups in total. The maximum absolute atomic E-state index is 10.9. The molecule has 2 nitrogen and oxygen atoms in total. The van der Waals surface area contributed by atoms with Gasteiger partial charge in [-0.3, -0.25) is 4.79 Å². The van der Waals surface area contributed by atoms with E-state index >= 15 is 0 Å². The Hall–Kier alpha value is -0.370. The van der Waals surface area contributed by atoms with Gasteiger partial charge in [0.05, 0.1) is 0 Å². The third-order valence-electron chi connectivity index (χ3n) is 2.60. The molecule has 0 aliphatic carbocycles. The molecule has 1 saturated heterocycles. The van der Waals surface area contributed by atoms with Crippen LogP contribution in [0.4, 0.5) is 0 Å². The number of ketones is 1. The molecule has 0 saturated carbocycles. The molecule has 12 heavy (non-hydrogen) atoms. The summed E-state index contributed by atoms with van der Waals surface area (Å²) in [5, 5.41) is 0. The Morgan fingerprint density at radius 3 is 2.42 bits per heavy atom. The van der Waals surface area contributed by atoms with Crippen molar-refractivity contribution in [2.75, 3.05) is 13.1 Å². The van der Waals surface area contributed by atoms with Crippen molar-refractivity contribution in [2.45, 2.75) is 45.6 Å². The average Bonchev–Trinajstić information content (AvgIpc) is 2.05. The van der Waals surface area contributed by atoms with Crippen LogP contribution in [0.15, 0.2) is 0 Å². The van der Waals surface area contributed by atoms with Gasteiger partial charge in [0.15, 0.2) is 0 Å². The van der Waals surface area contributed by atoms with Crippen LogP contribution in [0.3, 0.4) is 0 Å². The molecule has 1 fully saturated rings. The summed E-state index contributed by atoms with van der Waals surface area (Å²) in [5.74, 6) is 0.313. The molecule has 0 aromatic carbocycles. The Kier molecular flexibility index (Phi) is 3.73. The van der Waals surface area contributed by atoms with E-state index in [4.69, 9.17) is 0 Å². The number of carbonyl (C=O) groups is 1. The average molecular weight is 169 g/mol. The SMILES string of the molecule is CC(=O)CC(C)N1CCCCC1. The smallest absolute Gasteiger partial charge is 0.131 e. The molecule has 2 heteroatoms. The van der Waals surface area contributed by atoms with Crippen LogP contribution in [0, 0.1) is 0 Å². The van der Waals surface area contributed by atoms with Crippen LogP contribution in [-0.2, 0) is 4.79 Å². The van der Waals surface area contributed by atoms with Crippen LogP contribution >= 0.6 is 0 Å². The fourth-order valence-corrected chi connectivity index (χ4v) is 1.90. The second-order valence-electron chi connectivity index (χ2n) is 3.85. The van der Waals surface area contributed by atoms with Gasteiger partial charge in [-0.05, 0) is 39.8 Å². The standard InChI is InChI=1S/C10H19NO/c1-9(8-10(2)12)11-6-4-3-5-7-11/h9H,3-8H2,1-2H3. The number of hydrogen-bond donors (Lipinski definition) is 0. The number of hydrogen-bond acceptors (Lipinski definition) is 2. The van der Waals surface area contributed by atoms with E-state index < -0.39 is 0 Å². The summed E-state index contributed by atoms with van der Waals surface area (Å²) in [4.78, 5) is 13.3. The van der Waals surface area contributed by atoms with Gasteiger partial charge >= 0.3 is 0 Å². The van der Waals surface area contributed by atoms with Crippen LogP contribution in [0.5, 0.6) is 0 Å². The van der Waals surface area contributed by atoms with Gasteiger partial charge in [0.2, 0.25) is 0 Å². The zero-order valence-corrected chi connectivity index (χ0v) is 8.18. The van der Waals surface area contributed by atoms with E-state index in [9.17, 15) is 4.79 Å². The molecule has 1 heterocycles. The molecular formula is C10H19NO. The van der Waals surface area contributed by atoms with E-state index in [0.29, 0.717) is 11.8 Å². The molecule has 70 valence electrons. The minimum absolute atomic E-state index is 0.313. The van der Waals surface area contributed by atoms with E-state index in [1.54, 1.807) is 6.92 Å². The van der Waals surface area contributed by atoms with Gasteiger partial charge < -0.3 is 4.90 Å². The van der Waals surface area contributed by atoms with Crippen LogP contribution in [-0.4, -0.2) is 29.8 Å². The van der Waals surface area contributed by atoms with E-state index in [1.165, 1.54) is 32.4 Å². The fourth-order valence-electron chi connectivity index (χ4n) is 1.90. The van der Waals surface area contributed by atoms with Crippen LogP contribution < -0.4 is 0 Å². The highest BCUT2D eigenvalue weighted by Gasteiger charge is 2.17. The van der Waals surface area contributed by atoms with Crippen LogP contribution in [0.25, 0.3) is 0 Å². The zero-order valence-electron chi connectivity index (χ0n) is 8.18. The molecule has 0 spiro atoms. The Labute approximate surface area is 74.9 Å². The largest absolute Gasteiger partial charge is 0.300 e. The van der Waals surface area contributed by atoms with E-state index in [2.05, 4.69) is 11.8 Å². The first kappa shape index (κ1) is 9.72. The van der Waals surface area contributed by atoms with Crippen molar-refractivity contribution in [3.8, 4) is 0 Å². The molecule has 0 aromatic rings. The molecule has 0 bridgehead atoms. The minimum Gasteiger partial charge on any atom is -0.300 e. The highest BCUT2D eigenvalue weighted by atomic mass is 16.1. The second kappa shape index (κ2) is 4.61. The number of likely N-dealkylation sites (tertiary alicyclic amines) is 1. The van der Waals surface area contributed by atoms with Crippen molar-refractivity contribution in [3.05, 3.63) is 0 Å². The maximum Gasteiger partial charge on any atom is 0.131 e. The first-order valence-corrected chi connectivity index (χ1v) is 4.93. The molecule has 1 aliphatic rings. The van der Waals surface area contributed by atoms with Crippen molar-refractivity contribution >= 4 is 5.78 Å². The zero-order chi connectivity index (χ0) is 8.97. The fraction of sp³-hybridized carbons (Fsp3) is 0.900. The lowest BCUT2D eigenvalue weighted by Gasteiger charge is -2.31. The lowest BCUT2D eigenvalue weighted by atomic mass is 10.1. The predicted molar refractivity (Wildman–Crippen MR) is 50.2 cm³/mol. The maximum atomic E-state index is 10.9. The van der Waals surface area contributed by atoms with Gasteiger partial charge in [0.25, 0.3) is 0 Å². The van der Waals surface area contributed by atoms with Crippen molar-refractivity contribution in [1.82, 2.24) is 4.90 Å². The first-order chi connectivity index (χ1) is 5.70. The van der Waals surface area contributed by atoms with Crippen molar-refractivity contribution < 1.29 is 4.79 Å². The van der Waals surface area contributed by atoms with Crippen molar-refractivity contribution in [2.24, 2.45) is 0 Å². The first-order valence-electron chi connectivity index (χ1n) is 4.93. The molecule has 1 aliphatic heterocycles. The number of Topliss-reactive ketones (excluding diaryl/α,β-unsaturated/α-hetero) is 1. The Bertz CT molecular complexity index is 150. The number of carbonyl (C=O) groups excluding carboxylic acids is 1. The predicted octanol–water partition coefficient (Wildman–Crippen LogP) is 1.84. The van der Waals surface area contributed by atoms with Crippen molar-refractivity contribution in [3.63, 3.8) is 0 Å². The molecule has 0 aromatic heterocycles. The Morgan fingerprint density at radius 2 is 1.92 bits per heavy atom.